The van der Waals surface area contributed by atoms with Gasteiger partial charge in [0, 0.05) is 31.4 Å². The lowest BCUT2D eigenvalue weighted by atomic mass is 9.82. The Morgan fingerprint density at radius 3 is 2.43 bits per heavy atom. The lowest BCUT2D eigenvalue weighted by molar-refractivity contribution is -0.138. The number of Topliss-reactive ketones (excluding diaryl/α,β-unsaturated/α-hetero) is 1. The van der Waals surface area contributed by atoms with E-state index < -0.39 is 23.3 Å². The second-order valence-corrected chi connectivity index (χ2v) is 11.6. The van der Waals surface area contributed by atoms with Crippen LogP contribution in [0.5, 0.6) is 0 Å². The Bertz CT molecular complexity index is 1680. The Morgan fingerprint density at radius 1 is 1.11 bits per heavy atom. The third-order valence-electron chi connectivity index (χ3n) is 7.41. The summed E-state index contributed by atoms with van der Waals surface area (Å²) in [6.07, 6.45) is -2.58. The molecule has 0 saturated heterocycles. The zero-order chi connectivity index (χ0) is 32.1. The molecule has 0 aliphatic heterocycles. The molecule has 0 aliphatic carbocycles. The van der Waals surface area contributed by atoms with Crippen LogP contribution in [0.3, 0.4) is 0 Å². The first-order valence-electron chi connectivity index (χ1n) is 13.6. The fraction of sp³-hybridized carbons (Fsp3) is 0.250. The van der Waals surface area contributed by atoms with E-state index in [1.54, 1.807) is 62.8 Å². The van der Waals surface area contributed by atoms with Gasteiger partial charge in [-0.25, -0.2) is 4.98 Å². The number of nitrogens with two attached hydrogens (primary N) is 1. The zero-order valence-electron chi connectivity index (χ0n) is 24.0. The van der Waals surface area contributed by atoms with Crippen LogP contribution in [0.2, 0.25) is 5.02 Å². The number of halogens is 4. The summed E-state index contributed by atoms with van der Waals surface area (Å²) in [7, 11) is 0. The van der Waals surface area contributed by atoms with Gasteiger partial charge in [-0.15, -0.1) is 0 Å². The van der Waals surface area contributed by atoms with E-state index in [9.17, 15) is 18.0 Å². The number of nitrogens with zero attached hydrogens (tertiary/aromatic N) is 4. The number of ketones is 1. The molecule has 1 unspecified atom stereocenters. The molecular formula is C32H30ClF3N6OS. The topological polar surface area (TPSA) is 100.0 Å². The molecule has 0 amide bonds. The normalized spacial score (nSPS) is 12.3. The van der Waals surface area contributed by atoms with Crippen LogP contribution >= 0.6 is 23.8 Å². The van der Waals surface area contributed by atoms with E-state index in [2.05, 4.69) is 16.4 Å². The van der Waals surface area contributed by atoms with Gasteiger partial charge in [-0.2, -0.15) is 18.4 Å². The number of rotatable bonds is 10. The largest absolute Gasteiger partial charge is 0.416 e. The van der Waals surface area contributed by atoms with Crippen LogP contribution in [0.4, 0.5) is 18.9 Å². The third kappa shape index (κ3) is 7.63. The highest BCUT2D eigenvalue weighted by atomic mass is 35.5. The number of hydrogen-bond acceptors (Lipinski definition) is 5. The summed E-state index contributed by atoms with van der Waals surface area (Å²) in [5.41, 5.74) is 7.10. The predicted octanol–water partition coefficient (Wildman–Crippen LogP) is 6.80. The lowest BCUT2D eigenvalue weighted by Crippen LogP contribution is -2.57. The maximum Gasteiger partial charge on any atom is 0.416 e. The highest BCUT2D eigenvalue weighted by Crippen LogP contribution is 2.34. The number of carbonyl (C=O) groups is 1. The maximum atomic E-state index is 13.9. The zero-order valence-corrected chi connectivity index (χ0v) is 25.5. The van der Waals surface area contributed by atoms with E-state index in [1.807, 2.05) is 16.7 Å². The second-order valence-electron chi connectivity index (χ2n) is 10.8. The molecule has 7 nitrogen and oxygen atoms in total. The van der Waals surface area contributed by atoms with Crippen LogP contribution in [0.25, 0.3) is 0 Å². The van der Waals surface area contributed by atoms with Gasteiger partial charge in [-0.1, -0.05) is 54.1 Å². The number of hydrogen-bond donors (Lipinski definition) is 2. The summed E-state index contributed by atoms with van der Waals surface area (Å²) in [6, 6.07) is 21.1. The fourth-order valence-corrected chi connectivity index (χ4v) is 5.10. The van der Waals surface area contributed by atoms with E-state index in [-0.39, 0.29) is 29.4 Å². The number of para-hydroxylation sites is 1. The first-order chi connectivity index (χ1) is 20.8. The van der Waals surface area contributed by atoms with E-state index in [1.165, 1.54) is 23.1 Å². The van der Waals surface area contributed by atoms with Gasteiger partial charge in [-0.05, 0) is 67.5 Å². The number of thiocarbonyl (C=S) groups is 1. The molecule has 1 aromatic heterocycles. The smallest absolute Gasteiger partial charge is 0.331 e. The summed E-state index contributed by atoms with van der Waals surface area (Å²) in [5, 5.41) is 12.4. The number of nitriles is 1. The molecule has 0 fully saturated rings. The van der Waals surface area contributed by atoms with Crippen molar-refractivity contribution in [3.05, 3.63) is 118 Å². The molecule has 0 aliphatic rings. The predicted molar refractivity (Wildman–Crippen MR) is 168 cm³/mol. The van der Waals surface area contributed by atoms with Crippen LogP contribution in [-0.4, -0.2) is 31.5 Å². The highest BCUT2D eigenvalue weighted by molar-refractivity contribution is 7.80. The van der Waals surface area contributed by atoms with Crippen LogP contribution in [0, 0.1) is 16.7 Å². The molecule has 4 rings (SSSR count). The molecule has 1 atom stereocenters. The van der Waals surface area contributed by atoms with E-state index in [4.69, 9.17) is 34.8 Å². The highest BCUT2D eigenvalue weighted by Gasteiger charge is 2.40. The Hall–Kier alpha value is -4.24. The van der Waals surface area contributed by atoms with Gasteiger partial charge in [0.1, 0.15) is 5.78 Å². The molecule has 0 spiro atoms. The Balaban J connectivity index is 1.61. The van der Waals surface area contributed by atoms with Crippen molar-refractivity contribution >= 4 is 40.4 Å². The summed E-state index contributed by atoms with van der Waals surface area (Å²) in [5.74, 6) is -0.263. The second kappa shape index (κ2) is 13.6. The maximum absolute atomic E-state index is 13.9. The van der Waals surface area contributed by atoms with Crippen molar-refractivity contribution in [3.63, 3.8) is 0 Å². The Labute approximate surface area is 264 Å². The molecule has 1 heterocycles. The minimum atomic E-state index is -4.61. The van der Waals surface area contributed by atoms with Gasteiger partial charge in [0.15, 0.2) is 5.11 Å². The van der Waals surface area contributed by atoms with Gasteiger partial charge in [0.2, 0.25) is 0 Å². The number of alkyl halides is 3. The SMILES string of the molecule is CC(C)(C(=O)Cc1cncn1Cc1ccc(C#N)cc1)C(N)N(Cc1ccccc1C(F)(F)F)C(=S)Nc1ccccc1Cl. The van der Waals surface area contributed by atoms with E-state index in [0.29, 0.717) is 28.5 Å². The van der Waals surface area contributed by atoms with Gasteiger partial charge in [0.25, 0.3) is 0 Å². The quantitative estimate of drug-likeness (QED) is 0.146. The van der Waals surface area contributed by atoms with Crippen molar-refractivity contribution in [3.8, 4) is 6.07 Å². The van der Waals surface area contributed by atoms with Crippen LogP contribution in [-0.2, 0) is 30.5 Å². The van der Waals surface area contributed by atoms with Crippen LogP contribution < -0.4 is 11.1 Å². The van der Waals surface area contributed by atoms with Crippen molar-refractivity contribution in [1.29, 1.82) is 5.26 Å². The average molecular weight is 639 g/mol. The lowest BCUT2D eigenvalue weighted by Gasteiger charge is -2.40. The number of anilines is 1. The number of imidazole rings is 1. The summed E-state index contributed by atoms with van der Waals surface area (Å²) >= 11 is 12.0. The van der Waals surface area contributed by atoms with Gasteiger partial charge in [0.05, 0.1) is 45.8 Å². The number of carbonyl (C=O) groups excluding carboxylic acids is 1. The van der Waals surface area contributed by atoms with Crippen molar-refractivity contribution in [2.24, 2.45) is 11.1 Å². The van der Waals surface area contributed by atoms with Crippen molar-refractivity contribution < 1.29 is 18.0 Å². The van der Waals surface area contributed by atoms with E-state index in [0.717, 1.165) is 11.6 Å². The van der Waals surface area contributed by atoms with Gasteiger partial charge >= 0.3 is 6.18 Å². The van der Waals surface area contributed by atoms with Gasteiger partial charge < -0.3 is 20.5 Å². The molecule has 228 valence electrons. The summed E-state index contributed by atoms with van der Waals surface area (Å²) in [4.78, 5) is 19.4. The minimum Gasteiger partial charge on any atom is -0.331 e. The van der Waals surface area contributed by atoms with Crippen LogP contribution in [0.1, 0.15) is 41.8 Å². The minimum absolute atomic E-state index is 0.00862. The molecule has 12 heteroatoms. The van der Waals surface area contributed by atoms with Gasteiger partial charge in [-0.3, -0.25) is 4.79 Å². The van der Waals surface area contributed by atoms with Crippen molar-refractivity contribution in [1.82, 2.24) is 14.5 Å². The molecule has 3 N–H and O–H groups in total. The first kappa shape index (κ1) is 32.7. The van der Waals surface area contributed by atoms with Crippen molar-refractivity contribution in [2.75, 3.05) is 5.32 Å². The summed E-state index contributed by atoms with van der Waals surface area (Å²) in [6.45, 7) is 3.39. The Morgan fingerprint density at radius 2 is 1.77 bits per heavy atom. The Kier molecular flexibility index (Phi) is 10.1. The molecule has 44 heavy (non-hydrogen) atoms. The number of benzene rings is 3. The molecule has 0 radical (unpaired) electrons. The monoisotopic (exact) mass is 638 g/mol. The molecule has 0 saturated carbocycles. The fourth-order valence-electron chi connectivity index (χ4n) is 4.63. The molecule has 4 aromatic rings. The molecule has 3 aromatic carbocycles. The third-order valence-corrected chi connectivity index (χ3v) is 8.08. The summed E-state index contributed by atoms with van der Waals surface area (Å²) < 4.78 is 43.6. The first-order valence-corrected chi connectivity index (χ1v) is 14.3. The number of nitrogens with one attached hydrogen (secondary N) is 1. The standard InChI is InChI=1S/C32H30ClF3N6OS/c1-31(2,28(43)15-24-17-39-20-41(24)18-22-13-11-21(16-37)12-14-22)29(38)42(30(44)40-27-10-6-5-9-26(27)33)19-23-7-3-4-8-25(23)32(34,35)36/h3-14,17,20,29H,15,18-19,38H2,1-2H3,(H,40,44). The van der Waals surface area contributed by atoms with Crippen LogP contribution in [0.15, 0.2) is 85.3 Å². The molecule has 0 bridgehead atoms. The average Bonchev–Trinajstić information content (AvgIpc) is 3.42. The number of aromatic nitrogens is 2. The van der Waals surface area contributed by atoms with Crippen molar-refractivity contribution in [2.45, 2.75) is 45.7 Å². The molecular weight excluding hydrogens is 609 g/mol. The van der Waals surface area contributed by atoms with E-state index >= 15 is 0 Å².